The first-order valence-electron chi connectivity index (χ1n) is 6.74. The number of hydrogen-bond acceptors (Lipinski definition) is 1. The molecule has 0 heterocycles. The van der Waals surface area contributed by atoms with Crippen LogP contribution in [0.4, 0.5) is 0 Å². The molecule has 1 atom stereocenters. The Morgan fingerprint density at radius 3 is 2.59 bits per heavy atom. The molecule has 0 aliphatic carbocycles. The summed E-state index contributed by atoms with van der Waals surface area (Å²) in [7, 11) is 0. The average molecular weight is 237 g/mol. The first-order valence-corrected chi connectivity index (χ1v) is 6.74. The normalized spacial score (nSPS) is 12.9. The van der Waals surface area contributed by atoms with Crippen LogP contribution in [0.25, 0.3) is 0 Å². The second kappa shape index (κ2) is 11.3. The highest BCUT2D eigenvalue weighted by Gasteiger charge is 2.05. The first kappa shape index (κ1) is 15.8. The number of aliphatic imine (C=N–C) groups is 1. The fourth-order valence-electron chi connectivity index (χ4n) is 1.61. The van der Waals surface area contributed by atoms with Crippen molar-refractivity contribution in [3.8, 4) is 12.3 Å². The summed E-state index contributed by atoms with van der Waals surface area (Å²) < 4.78 is 0. The predicted molar refractivity (Wildman–Crippen MR) is 76.1 cm³/mol. The molecule has 0 rings (SSSR count). The fourth-order valence-corrected chi connectivity index (χ4v) is 1.61. The van der Waals surface area contributed by atoms with Gasteiger partial charge in [-0.1, -0.05) is 39.0 Å². The lowest BCUT2D eigenvalue weighted by Gasteiger charge is -2.14. The fraction of sp³-hybridized carbons (Fsp3) is 0.786. The van der Waals surface area contributed by atoms with Gasteiger partial charge in [0.2, 0.25) is 0 Å². The Hall–Kier alpha value is -1.17. The molecule has 0 bridgehead atoms. The van der Waals surface area contributed by atoms with Crippen LogP contribution < -0.4 is 10.6 Å². The lowest BCUT2D eigenvalue weighted by Crippen LogP contribution is -2.37. The molecule has 0 aliphatic heterocycles. The highest BCUT2D eigenvalue weighted by atomic mass is 15.2. The van der Waals surface area contributed by atoms with E-state index in [0.29, 0.717) is 12.5 Å². The van der Waals surface area contributed by atoms with Crippen LogP contribution in [0, 0.1) is 18.3 Å². The molecular weight excluding hydrogens is 210 g/mol. The Bertz CT molecular complexity index is 240. The molecule has 3 nitrogen and oxygen atoms in total. The Morgan fingerprint density at radius 1 is 1.29 bits per heavy atom. The van der Waals surface area contributed by atoms with E-state index < -0.39 is 0 Å². The quantitative estimate of drug-likeness (QED) is 0.386. The molecule has 2 N–H and O–H groups in total. The van der Waals surface area contributed by atoms with Gasteiger partial charge in [0.05, 0.1) is 6.54 Å². The SMILES string of the molecule is C#CCNC(=NCC(CC)CCCC)NCC. The molecule has 0 aromatic heterocycles. The summed E-state index contributed by atoms with van der Waals surface area (Å²) in [6.45, 7) is 8.80. The van der Waals surface area contributed by atoms with E-state index in [1.54, 1.807) is 0 Å². The second-order valence-corrected chi connectivity index (χ2v) is 4.19. The summed E-state index contributed by atoms with van der Waals surface area (Å²) in [5, 5.41) is 6.30. The molecule has 0 radical (unpaired) electrons. The number of hydrogen-bond donors (Lipinski definition) is 2. The molecule has 0 aromatic rings. The van der Waals surface area contributed by atoms with Crippen LogP contribution in [0.5, 0.6) is 0 Å². The van der Waals surface area contributed by atoms with Gasteiger partial charge in [-0.05, 0) is 19.3 Å². The molecule has 0 amide bonds. The van der Waals surface area contributed by atoms with Gasteiger partial charge in [-0.3, -0.25) is 4.99 Å². The third-order valence-corrected chi connectivity index (χ3v) is 2.75. The van der Waals surface area contributed by atoms with Crippen molar-refractivity contribution >= 4 is 5.96 Å². The van der Waals surface area contributed by atoms with Crippen molar-refractivity contribution in [2.75, 3.05) is 19.6 Å². The van der Waals surface area contributed by atoms with Gasteiger partial charge in [0.15, 0.2) is 5.96 Å². The third-order valence-electron chi connectivity index (χ3n) is 2.75. The molecule has 0 saturated carbocycles. The molecule has 1 unspecified atom stereocenters. The Balaban J connectivity index is 4.13. The van der Waals surface area contributed by atoms with Gasteiger partial charge < -0.3 is 10.6 Å². The maximum absolute atomic E-state index is 5.23. The van der Waals surface area contributed by atoms with Crippen LogP contribution in [0.2, 0.25) is 0 Å². The number of rotatable bonds is 8. The monoisotopic (exact) mass is 237 g/mol. The molecule has 3 heteroatoms. The van der Waals surface area contributed by atoms with Gasteiger partial charge in [0, 0.05) is 13.1 Å². The predicted octanol–water partition coefficient (Wildman–Crippen LogP) is 2.39. The van der Waals surface area contributed by atoms with E-state index in [1.165, 1.54) is 25.7 Å². The third kappa shape index (κ3) is 8.62. The highest BCUT2D eigenvalue weighted by Crippen LogP contribution is 2.12. The second-order valence-electron chi connectivity index (χ2n) is 4.19. The molecule has 17 heavy (non-hydrogen) atoms. The largest absolute Gasteiger partial charge is 0.357 e. The van der Waals surface area contributed by atoms with Crippen molar-refractivity contribution in [2.24, 2.45) is 10.9 Å². The highest BCUT2D eigenvalue weighted by molar-refractivity contribution is 5.79. The minimum Gasteiger partial charge on any atom is -0.357 e. The Kier molecular flexibility index (Phi) is 10.5. The van der Waals surface area contributed by atoms with Crippen LogP contribution in [0.1, 0.15) is 46.5 Å². The zero-order valence-corrected chi connectivity index (χ0v) is 11.6. The summed E-state index contributed by atoms with van der Waals surface area (Å²) in [5.74, 6) is 4.09. The summed E-state index contributed by atoms with van der Waals surface area (Å²) in [5.41, 5.74) is 0. The molecule has 0 spiro atoms. The average Bonchev–Trinajstić information content (AvgIpc) is 2.35. The van der Waals surface area contributed by atoms with Crippen LogP contribution in [-0.2, 0) is 0 Å². The van der Waals surface area contributed by atoms with Gasteiger partial charge >= 0.3 is 0 Å². The molecular formula is C14H27N3. The summed E-state index contributed by atoms with van der Waals surface area (Å²) in [6, 6.07) is 0. The van der Waals surface area contributed by atoms with Gasteiger partial charge in [0.25, 0.3) is 0 Å². The molecule has 0 fully saturated rings. The number of guanidine groups is 1. The zero-order valence-electron chi connectivity index (χ0n) is 11.6. The van der Waals surface area contributed by atoms with Gasteiger partial charge in [-0.2, -0.15) is 0 Å². The molecule has 0 aromatic carbocycles. The van der Waals surface area contributed by atoms with Crippen molar-refractivity contribution in [1.29, 1.82) is 0 Å². The van der Waals surface area contributed by atoms with Crippen LogP contribution in [0.15, 0.2) is 4.99 Å². The van der Waals surface area contributed by atoms with E-state index in [-0.39, 0.29) is 0 Å². The minimum atomic E-state index is 0.525. The number of nitrogens with zero attached hydrogens (tertiary/aromatic N) is 1. The first-order chi connectivity index (χ1) is 8.28. The van der Waals surface area contributed by atoms with Crippen LogP contribution in [0.3, 0.4) is 0 Å². The topological polar surface area (TPSA) is 36.4 Å². The minimum absolute atomic E-state index is 0.525. The van der Waals surface area contributed by atoms with Crippen LogP contribution >= 0.6 is 0 Å². The zero-order chi connectivity index (χ0) is 12.9. The maximum Gasteiger partial charge on any atom is 0.192 e. The Morgan fingerprint density at radius 2 is 2.06 bits per heavy atom. The summed E-state index contributed by atoms with van der Waals surface area (Å²) >= 11 is 0. The lowest BCUT2D eigenvalue weighted by molar-refractivity contribution is 0.461. The molecule has 0 saturated heterocycles. The van der Waals surface area contributed by atoms with E-state index in [1.807, 2.05) is 0 Å². The van der Waals surface area contributed by atoms with E-state index in [4.69, 9.17) is 6.42 Å². The molecule has 0 aliphatic rings. The van der Waals surface area contributed by atoms with Gasteiger partial charge in [0.1, 0.15) is 0 Å². The van der Waals surface area contributed by atoms with Crippen molar-refractivity contribution in [2.45, 2.75) is 46.5 Å². The van der Waals surface area contributed by atoms with Gasteiger partial charge in [-0.25, -0.2) is 0 Å². The van der Waals surface area contributed by atoms with Crippen molar-refractivity contribution < 1.29 is 0 Å². The van der Waals surface area contributed by atoms with E-state index >= 15 is 0 Å². The van der Waals surface area contributed by atoms with Crippen molar-refractivity contribution in [3.05, 3.63) is 0 Å². The smallest absolute Gasteiger partial charge is 0.192 e. The van der Waals surface area contributed by atoms with Gasteiger partial charge in [-0.15, -0.1) is 6.42 Å². The maximum atomic E-state index is 5.23. The number of terminal acetylenes is 1. The molecule has 98 valence electrons. The lowest BCUT2D eigenvalue weighted by atomic mass is 10.00. The van der Waals surface area contributed by atoms with E-state index in [2.05, 4.69) is 42.3 Å². The van der Waals surface area contributed by atoms with Crippen LogP contribution in [-0.4, -0.2) is 25.6 Å². The van der Waals surface area contributed by atoms with Crippen molar-refractivity contribution in [3.63, 3.8) is 0 Å². The summed E-state index contributed by atoms with van der Waals surface area (Å²) in [4.78, 5) is 4.57. The summed E-state index contributed by atoms with van der Waals surface area (Å²) in [6.07, 6.45) is 10.2. The number of unbranched alkanes of at least 4 members (excludes halogenated alkanes) is 1. The number of nitrogens with one attached hydrogen (secondary N) is 2. The Labute approximate surface area is 106 Å². The van der Waals surface area contributed by atoms with E-state index in [9.17, 15) is 0 Å². The van der Waals surface area contributed by atoms with E-state index in [0.717, 1.165) is 19.0 Å². The van der Waals surface area contributed by atoms with Crippen molar-refractivity contribution in [1.82, 2.24) is 10.6 Å². The standard InChI is InChI=1S/C14H27N3/c1-5-9-10-13(7-3)12-17-14(15-8-4)16-11-6-2/h2,13H,5,7-12H2,1,3-4H3,(H2,15,16,17).